The van der Waals surface area contributed by atoms with Gasteiger partial charge < -0.3 is 22.7 Å². The lowest BCUT2D eigenvalue weighted by Crippen LogP contribution is -2.11. The number of para-hydroxylation sites is 4. The molecule has 0 saturated carbocycles. The van der Waals surface area contributed by atoms with Crippen molar-refractivity contribution in [2.75, 3.05) is 4.90 Å². The third kappa shape index (κ3) is 4.46. The van der Waals surface area contributed by atoms with Gasteiger partial charge in [0.1, 0.15) is 27.8 Å². The third-order valence-corrected chi connectivity index (χ3v) is 10.8. The van der Waals surface area contributed by atoms with Crippen LogP contribution in [0.25, 0.3) is 93.9 Å². The number of fused-ring (bicyclic) bond motifs is 11. The topological polar surface area (TPSA) is 60.5 Å². The summed E-state index contributed by atoms with van der Waals surface area (Å²) in [5, 5.41) is 6.37. The quantitative estimate of drug-likeness (QED) is 0.178. The SMILES string of the molecule is c1ccc(-c2nc3ccc4oc5ccc(N(c6ccc7c(c6)oc6ccccc67)c6cccc7c8ccccc8n(-c8ccccc8)c67)cc5c4c3o2)cc1. The van der Waals surface area contributed by atoms with Crippen LogP contribution in [0.5, 0.6) is 0 Å². The van der Waals surface area contributed by atoms with E-state index in [0.29, 0.717) is 11.5 Å². The smallest absolute Gasteiger partial charge is 0.227 e. The molecule has 0 unspecified atom stereocenters. The van der Waals surface area contributed by atoms with E-state index in [9.17, 15) is 0 Å². The molecule has 0 aliphatic rings. The summed E-state index contributed by atoms with van der Waals surface area (Å²) in [5.74, 6) is 0.579. The van der Waals surface area contributed by atoms with Crippen LogP contribution in [0.2, 0.25) is 0 Å². The first-order valence-corrected chi connectivity index (χ1v) is 18.4. The minimum Gasteiger partial charge on any atom is -0.456 e. The number of nitrogens with zero attached hydrogens (tertiary/aromatic N) is 3. The van der Waals surface area contributed by atoms with Gasteiger partial charge in [0, 0.05) is 55.6 Å². The molecule has 4 aromatic heterocycles. The first kappa shape index (κ1) is 29.9. The zero-order valence-corrected chi connectivity index (χ0v) is 29.3. The Kier molecular flexibility index (Phi) is 6.24. The van der Waals surface area contributed by atoms with Crippen LogP contribution in [0.4, 0.5) is 17.1 Å². The fourth-order valence-electron chi connectivity index (χ4n) is 8.39. The predicted octanol–water partition coefficient (Wildman–Crippen LogP) is 13.9. The molecular weight excluding hydrogens is 679 g/mol. The van der Waals surface area contributed by atoms with Gasteiger partial charge in [-0.25, -0.2) is 4.98 Å². The minimum atomic E-state index is 0.579. The summed E-state index contributed by atoms with van der Waals surface area (Å²) in [6.45, 7) is 0. The van der Waals surface area contributed by atoms with Crippen molar-refractivity contribution in [1.82, 2.24) is 9.55 Å². The number of hydrogen-bond donors (Lipinski definition) is 0. The molecule has 0 spiro atoms. The second kappa shape index (κ2) is 11.5. The Morgan fingerprint density at radius 3 is 2.02 bits per heavy atom. The van der Waals surface area contributed by atoms with Gasteiger partial charge in [0.15, 0.2) is 5.58 Å². The van der Waals surface area contributed by atoms with E-state index in [2.05, 4.69) is 131 Å². The molecule has 258 valence electrons. The van der Waals surface area contributed by atoms with Gasteiger partial charge in [0.05, 0.1) is 22.1 Å². The molecule has 55 heavy (non-hydrogen) atoms. The summed E-state index contributed by atoms with van der Waals surface area (Å²) >= 11 is 0. The van der Waals surface area contributed by atoms with Crippen LogP contribution in [0, 0.1) is 0 Å². The van der Waals surface area contributed by atoms with Crippen LogP contribution in [-0.4, -0.2) is 9.55 Å². The number of furan rings is 2. The van der Waals surface area contributed by atoms with Crippen molar-refractivity contribution in [3.05, 3.63) is 176 Å². The number of aromatic nitrogens is 2. The van der Waals surface area contributed by atoms with Gasteiger partial charge in [-0.15, -0.1) is 0 Å². The van der Waals surface area contributed by atoms with Crippen LogP contribution < -0.4 is 4.90 Å². The number of rotatable bonds is 5. The van der Waals surface area contributed by atoms with Gasteiger partial charge >= 0.3 is 0 Å². The van der Waals surface area contributed by atoms with Crippen molar-refractivity contribution in [1.29, 1.82) is 0 Å². The summed E-state index contributed by atoms with van der Waals surface area (Å²) in [6, 6.07) is 60.9. The lowest BCUT2D eigenvalue weighted by molar-refractivity contribution is 0.622. The van der Waals surface area contributed by atoms with Gasteiger partial charge in [-0.05, 0) is 84.9 Å². The van der Waals surface area contributed by atoms with Gasteiger partial charge in [-0.3, -0.25) is 0 Å². The highest BCUT2D eigenvalue weighted by molar-refractivity contribution is 6.18. The zero-order chi connectivity index (χ0) is 36.0. The first-order valence-electron chi connectivity index (χ1n) is 18.4. The molecule has 8 aromatic carbocycles. The Bertz CT molecular complexity index is 3440. The van der Waals surface area contributed by atoms with Gasteiger partial charge in [0.25, 0.3) is 0 Å². The Morgan fingerprint density at radius 1 is 0.455 bits per heavy atom. The summed E-state index contributed by atoms with van der Waals surface area (Å²) in [6.07, 6.45) is 0. The van der Waals surface area contributed by atoms with E-state index in [1.165, 1.54) is 10.8 Å². The van der Waals surface area contributed by atoms with Crippen molar-refractivity contribution in [2.24, 2.45) is 0 Å². The normalized spacial score (nSPS) is 12.0. The monoisotopic (exact) mass is 707 g/mol. The molecule has 0 bridgehead atoms. The van der Waals surface area contributed by atoms with Crippen molar-refractivity contribution < 1.29 is 13.3 Å². The molecule has 0 radical (unpaired) electrons. The molecule has 0 fully saturated rings. The average molecular weight is 708 g/mol. The molecule has 12 rings (SSSR count). The maximum absolute atomic E-state index is 6.54. The van der Waals surface area contributed by atoms with Crippen LogP contribution in [0.3, 0.4) is 0 Å². The molecule has 0 amide bonds. The average Bonchev–Trinajstić information content (AvgIpc) is 4.02. The zero-order valence-electron chi connectivity index (χ0n) is 29.3. The van der Waals surface area contributed by atoms with Crippen molar-refractivity contribution in [3.8, 4) is 17.1 Å². The Labute approximate surface area is 313 Å². The Hall–Kier alpha value is -7.57. The van der Waals surface area contributed by atoms with Gasteiger partial charge in [-0.1, -0.05) is 84.9 Å². The molecule has 0 N–H and O–H groups in total. The molecule has 0 aliphatic heterocycles. The number of oxazole rings is 1. The number of anilines is 3. The summed E-state index contributed by atoms with van der Waals surface area (Å²) in [5.41, 5.74) is 11.9. The van der Waals surface area contributed by atoms with Crippen LogP contribution in [0.15, 0.2) is 189 Å². The predicted molar refractivity (Wildman–Crippen MR) is 223 cm³/mol. The van der Waals surface area contributed by atoms with Crippen molar-refractivity contribution in [3.63, 3.8) is 0 Å². The number of hydrogen-bond acceptors (Lipinski definition) is 5. The van der Waals surface area contributed by atoms with Crippen LogP contribution in [-0.2, 0) is 0 Å². The highest BCUT2D eigenvalue weighted by Crippen LogP contribution is 2.46. The molecule has 6 heteroatoms. The summed E-state index contributed by atoms with van der Waals surface area (Å²) < 4.78 is 21.9. The van der Waals surface area contributed by atoms with Gasteiger partial charge in [-0.2, -0.15) is 0 Å². The van der Waals surface area contributed by atoms with E-state index in [0.717, 1.165) is 88.7 Å². The van der Waals surface area contributed by atoms with Crippen molar-refractivity contribution in [2.45, 2.75) is 0 Å². The Balaban J connectivity index is 1.16. The molecule has 0 atom stereocenters. The summed E-state index contributed by atoms with van der Waals surface area (Å²) in [7, 11) is 0. The van der Waals surface area contributed by atoms with E-state index >= 15 is 0 Å². The minimum absolute atomic E-state index is 0.579. The summed E-state index contributed by atoms with van der Waals surface area (Å²) in [4.78, 5) is 7.22. The van der Waals surface area contributed by atoms with Crippen LogP contribution in [0.1, 0.15) is 0 Å². The Morgan fingerprint density at radius 2 is 1.13 bits per heavy atom. The second-order valence-corrected chi connectivity index (χ2v) is 13.9. The fraction of sp³-hybridized carbons (Fsp3) is 0. The maximum atomic E-state index is 6.54. The maximum Gasteiger partial charge on any atom is 0.227 e. The van der Waals surface area contributed by atoms with Crippen molar-refractivity contribution >= 4 is 93.8 Å². The third-order valence-electron chi connectivity index (χ3n) is 10.8. The first-order chi connectivity index (χ1) is 27.3. The molecule has 6 nitrogen and oxygen atoms in total. The van der Waals surface area contributed by atoms with E-state index in [-0.39, 0.29) is 0 Å². The molecule has 4 heterocycles. The standard InChI is InChI=1S/C49H29N3O3/c1-3-12-30(13-4-1)49-50-39-25-27-44-46(48(39)55-49)38-28-32(23-26-43(38)53-44)51(33-22-24-36-35-17-8-10-21-42(35)54-45(36)29-33)41-20-11-18-37-34-16-7-9-19-40(34)52(47(37)41)31-14-5-2-6-15-31/h1-29H. The van der Waals surface area contributed by atoms with Gasteiger partial charge in [0.2, 0.25) is 5.89 Å². The molecular formula is C49H29N3O3. The van der Waals surface area contributed by atoms with E-state index < -0.39 is 0 Å². The molecule has 0 aliphatic carbocycles. The van der Waals surface area contributed by atoms with E-state index in [1.807, 2.05) is 54.6 Å². The molecule has 12 aromatic rings. The van der Waals surface area contributed by atoms with Crippen LogP contribution >= 0.6 is 0 Å². The lowest BCUT2D eigenvalue weighted by Gasteiger charge is -2.27. The van der Waals surface area contributed by atoms with E-state index in [1.54, 1.807) is 0 Å². The highest BCUT2D eigenvalue weighted by Gasteiger charge is 2.24. The fourth-order valence-corrected chi connectivity index (χ4v) is 8.39. The van der Waals surface area contributed by atoms with E-state index in [4.69, 9.17) is 18.2 Å². The second-order valence-electron chi connectivity index (χ2n) is 13.9. The lowest BCUT2D eigenvalue weighted by atomic mass is 10.1. The molecule has 0 saturated heterocycles. The number of benzene rings is 8. The highest BCUT2D eigenvalue weighted by atomic mass is 16.4. The largest absolute Gasteiger partial charge is 0.456 e.